The number of carbonyl (C=O) groups excluding carboxylic acids is 1. The SMILES string of the molecule is CC(C)(C)OC(=O)N1[C@@H]2CC[C@H]1CN(C[B-](F)(F)F)C2. The van der Waals surface area contributed by atoms with Crippen molar-refractivity contribution in [2.75, 3.05) is 19.5 Å². The van der Waals surface area contributed by atoms with Crippen molar-refractivity contribution >= 4 is 13.1 Å². The number of hydrogen-bond donors (Lipinski definition) is 0. The van der Waals surface area contributed by atoms with Gasteiger partial charge in [0.2, 0.25) is 0 Å². The Morgan fingerprint density at radius 1 is 1.20 bits per heavy atom. The third kappa shape index (κ3) is 3.80. The molecule has 1 amide bonds. The summed E-state index contributed by atoms with van der Waals surface area (Å²) < 4.78 is 42.9. The zero-order valence-electron chi connectivity index (χ0n) is 12.1. The molecule has 2 atom stereocenters. The first-order valence-electron chi connectivity index (χ1n) is 7.00. The lowest BCUT2D eigenvalue weighted by Gasteiger charge is -2.42. The zero-order valence-corrected chi connectivity index (χ0v) is 12.1. The summed E-state index contributed by atoms with van der Waals surface area (Å²) in [5, 5.41) is 0. The van der Waals surface area contributed by atoms with Crippen LogP contribution in [-0.4, -0.2) is 60.1 Å². The third-order valence-corrected chi connectivity index (χ3v) is 3.63. The van der Waals surface area contributed by atoms with E-state index in [0.717, 1.165) is 12.8 Å². The molecule has 0 saturated carbocycles. The summed E-state index contributed by atoms with van der Waals surface area (Å²) in [6.45, 7) is 1.13. The van der Waals surface area contributed by atoms with Crippen LogP contribution in [0.1, 0.15) is 33.6 Å². The Kier molecular flexibility index (Phi) is 3.97. The van der Waals surface area contributed by atoms with Gasteiger partial charge in [0.15, 0.2) is 0 Å². The van der Waals surface area contributed by atoms with E-state index >= 15 is 0 Å². The molecular formula is C12H21BF3N2O2-. The Labute approximate surface area is 117 Å². The number of likely N-dealkylation sites (tertiary alicyclic amines) is 1. The normalized spacial score (nSPS) is 27.8. The fourth-order valence-electron chi connectivity index (χ4n) is 3.04. The van der Waals surface area contributed by atoms with Crippen LogP contribution in [0.25, 0.3) is 0 Å². The van der Waals surface area contributed by atoms with Crippen molar-refractivity contribution in [3.63, 3.8) is 0 Å². The van der Waals surface area contributed by atoms with Crippen molar-refractivity contribution in [2.24, 2.45) is 0 Å². The monoisotopic (exact) mass is 293 g/mol. The molecule has 0 aromatic carbocycles. The summed E-state index contributed by atoms with van der Waals surface area (Å²) in [5.41, 5.74) is -0.581. The lowest BCUT2D eigenvalue weighted by molar-refractivity contribution is -0.00296. The fourth-order valence-corrected chi connectivity index (χ4v) is 3.04. The van der Waals surface area contributed by atoms with E-state index in [1.165, 1.54) is 4.90 Å². The molecule has 2 aliphatic rings. The first-order chi connectivity index (χ1) is 9.05. The number of carbonyl (C=O) groups is 1. The Balaban J connectivity index is 1.98. The lowest BCUT2D eigenvalue weighted by atomic mass is 9.90. The second-order valence-corrected chi connectivity index (χ2v) is 6.70. The van der Waals surface area contributed by atoms with Gasteiger partial charge in [0.1, 0.15) is 5.60 Å². The zero-order chi connectivity index (χ0) is 15.1. The molecular weight excluding hydrogens is 272 g/mol. The number of hydrogen-bond acceptors (Lipinski definition) is 3. The average Bonchev–Trinajstić information content (AvgIpc) is 2.46. The van der Waals surface area contributed by atoms with Gasteiger partial charge in [-0.1, -0.05) is 0 Å². The molecule has 0 radical (unpaired) electrons. The van der Waals surface area contributed by atoms with Gasteiger partial charge in [0, 0.05) is 25.2 Å². The number of nitrogens with zero attached hydrogens (tertiary/aromatic N) is 2. The predicted molar refractivity (Wildman–Crippen MR) is 70.4 cm³/mol. The Morgan fingerprint density at radius 3 is 2.10 bits per heavy atom. The van der Waals surface area contributed by atoms with Gasteiger partial charge in [-0.15, -0.1) is 0 Å². The Morgan fingerprint density at radius 2 is 1.70 bits per heavy atom. The number of rotatable bonds is 2. The van der Waals surface area contributed by atoms with Crippen LogP contribution in [0.2, 0.25) is 0 Å². The van der Waals surface area contributed by atoms with Crippen LogP contribution in [0, 0.1) is 0 Å². The Hall–Kier alpha value is -0.915. The number of fused-ring (bicyclic) bond motifs is 2. The maximum atomic E-state index is 12.5. The van der Waals surface area contributed by atoms with E-state index in [2.05, 4.69) is 0 Å². The van der Waals surface area contributed by atoms with Crippen molar-refractivity contribution in [1.82, 2.24) is 9.80 Å². The molecule has 2 fully saturated rings. The minimum Gasteiger partial charge on any atom is -0.448 e. The molecule has 2 heterocycles. The summed E-state index contributed by atoms with van der Waals surface area (Å²) in [4.78, 5) is 15.2. The average molecular weight is 293 g/mol. The highest BCUT2D eigenvalue weighted by atomic mass is 19.4. The maximum Gasteiger partial charge on any atom is 0.492 e. The summed E-state index contributed by atoms with van der Waals surface area (Å²) >= 11 is 0. The molecule has 0 aliphatic carbocycles. The molecule has 2 aliphatic heterocycles. The quantitative estimate of drug-likeness (QED) is 0.733. The van der Waals surface area contributed by atoms with Crippen LogP contribution in [0.15, 0.2) is 0 Å². The van der Waals surface area contributed by atoms with E-state index in [9.17, 15) is 17.7 Å². The predicted octanol–water partition coefficient (Wildman–Crippen LogP) is 2.46. The van der Waals surface area contributed by atoms with E-state index in [-0.39, 0.29) is 25.2 Å². The van der Waals surface area contributed by atoms with Gasteiger partial charge in [-0.05, 0) is 40.1 Å². The van der Waals surface area contributed by atoms with E-state index < -0.39 is 25.1 Å². The van der Waals surface area contributed by atoms with Crippen molar-refractivity contribution in [1.29, 1.82) is 0 Å². The highest BCUT2D eigenvalue weighted by molar-refractivity contribution is 6.58. The summed E-state index contributed by atoms with van der Waals surface area (Å²) in [6, 6.07) is -0.302. The molecule has 2 bridgehead atoms. The van der Waals surface area contributed by atoms with Crippen LogP contribution < -0.4 is 0 Å². The van der Waals surface area contributed by atoms with Gasteiger partial charge in [-0.3, -0.25) is 4.90 Å². The summed E-state index contributed by atoms with van der Waals surface area (Å²) in [7, 11) is 0. The van der Waals surface area contributed by atoms with Crippen molar-refractivity contribution in [3.8, 4) is 0 Å². The van der Waals surface area contributed by atoms with Crippen molar-refractivity contribution in [3.05, 3.63) is 0 Å². The number of piperazine rings is 1. The first-order valence-corrected chi connectivity index (χ1v) is 7.00. The highest BCUT2D eigenvalue weighted by Crippen LogP contribution is 2.32. The molecule has 0 spiro atoms. The maximum absolute atomic E-state index is 12.5. The van der Waals surface area contributed by atoms with E-state index in [1.54, 1.807) is 25.7 Å². The van der Waals surface area contributed by atoms with Gasteiger partial charge in [-0.25, -0.2) is 4.79 Å². The van der Waals surface area contributed by atoms with Gasteiger partial charge in [0.25, 0.3) is 0 Å². The standard InChI is InChI=1S/C12H21BF3N2O2/c1-12(2,3)20-11(19)18-9-4-5-10(18)7-17(6-9)8-13(14,15)16/h9-10H,4-8H2,1-3H3/q-1/t9-,10+. The first kappa shape index (κ1) is 15.5. The highest BCUT2D eigenvalue weighted by Gasteiger charge is 2.45. The van der Waals surface area contributed by atoms with Crippen LogP contribution in [0.4, 0.5) is 17.7 Å². The molecule has 0 unspecified atom stereocenters. The molecule has 116 valence electrons. The lowest BCUT2D eigenvalue weighted by Crippen LogP contribution is -2.58. The van der Waals surface area contributed by atoms with Crippen LogP contribution in [0.5, 0.6) is 0 Å². The molecule has 2 saturated heterocycles. The second-order valence-electron chi connectivity index (χ2n) is 6.70. The van der Waals surface area contributed by atoms with Gasteiger partial charge < -0.3 is 22.6 Å². The fraction of sp³-hybridized carbons (Fsp3) is 0.917. The van der Waals surface area contributed by atoms with Gasteiger partial charge >= 0.3 is 13.1 Å². The van der Waals surface area contributed by atoms with Crippen LogP contribution in [-0.2, 0) is 4.74 Å². The van der Waals surface area contributed by atoms with E-state index in [4.69, 9.17) is 4.74 Å². The molecule has 8 heteroatoms. The minimum absolute atomic E-state index is 0.151. The topological polar surface area (TPSA) is 32.8 Å². The van der Waals surface area contributed by atoms with Crippen molar-refractivity contribution < 1.29 is 22.5 Å². The number of amides is 1. The van der Waals surface area contributed by atoms with Gasteiger partial charge in [-0.2, -0.15) is 0 Å². The van der Waals surface area contributed by atoms with Crippen LogP contribution in [0.3, 0.4) is 0 Å². The molecule has 0 aromatic rings. The molecule has 0 N–H and O–H groups in total. The minimum atomic E-state index is -4.81. The third-order valence-electron chi connectivity index (χ3n) is 3.63. The van der Waals surface area contributed by atoms with E-state index in [0.29, 0.717) is 0 Å². The summed E-state index contributed by atoms with van der Waals surface area (Å²) in [5.74, 6) is 0. The van der Waals surface area contributed by atoms with E-state index in [1.807, 2.05) is 0 Å². The number of ether oxygens (including phenoxy) is 1. The van der Waals surface area contributed by atoms with Crippen LogP contribution >= 0.6 is 0 Å². The smallest absolute Gasteiger partial charge is 0.448 e. The van der Waals surface area contributed by atoms with Gasteiger partial charge in [0.05, 0.1) is 0 Å². The molecule has 4 nitrogen and oxygen atoms in total. The second kappa shape index (κ2) is 5.13. The number of halogens is 3. The molecule has 20 heavy (non-hydrogen) atoms. The Bertz CT molecular complexity index is 370. The van der Waals surface area contributed by atoms with Crippen molar-refractivity contribution in [2.45, 2.75) is 51.3 Å². The largest absolute Gasteiger partial charge is 0.492 e. The molecule has 0 aromatic heterocycles. The summed E-state index contributed by atoms with van der Waals surface area (Å²) in [6.07, 6.45) is 0.272. The molecule has 2 rings (SSSR count).